The second-order valence-corrected chi connectivity index (χ2v) is 6.94. The Morgan fingerprint density at radius 3 is 2.38 bits per heavy atom. The van der Waals surface area contributed by atoms with Crippen molar-refractivity contribution in [2.24, 2.45) is 0 Å². The Morgan fingerprint density at radius 2 is 1.73 bits per heavy atom. The van der Waals surface area contributed by atoms with Gasteiger partial charge >= 0.3 is 0 Å². The summed E-state index contributed by atoms with van der Waals surface area (Å²) in [4.78, 5) is 15.7. The Labute approximate surface area is 166 Å². The molecule has 3 aromatic rings. The van der Waals surface area contributed by atoms with Gasteiger partial charge in [-0.05, 0) is 55.0 Å². The molecule has 0 saturated carbocycles. The van der Waals surface area contributed by atoms with Crippen LogP contribution in [0.15, 0.2) is 59.1 Å². The highest BCUT2D eigenvalue weighted by Crippen LogP contribution is 2.27. The van der Waals surface area contributed by atoms with Gasteiger partial charge in [-0.1, -0.05) is 19.8 Å². The number of hydrogen-bond donors (Lipinski definition) is 0. The molecule has 0 aliphatic rings. The first-order chi connectivity index (χ1) is 12.7. The van der Waals surface area contributed by atoms with Gasteiger partial charge in [0.1, 0.15) is 5.75 Å². The predicted octanol–water partition coefficient (Wildman–Crippen LogP) is 6.15. The Balaban J connectivity index is 1.68. The molecular weight excluding hydrogens is 441 g/mol. The lowest BCUT2D eigenvalue weighted by molar-refractivity contribution is 0.110. The third kappa shape index (κ3) is 4.72. The van der Waals surface area contributed by atoms with E-state index in [0.29, 0.717) is 17.2 Å². The normalized spacial score (nSPS) is 10.7. The van der Waals surface area contributed by atoms with Gasteiger partial charge in [0.25, 0.3) is 0 Å². The fourth-order valence-corrected chi connectivity index (χ4v) is 2.90. The maximum atomic E-state index is 11.3. The van der Waals surface area contributed by atoms with Crippen molar-refractivity contribution in [2.75, 3.05) is 6.61 Å². The molecule has 0 atom stereocenters. The number of oxazole rings is 1. The minimum absolute atomic E-state index is 0.0132. The van der Waals surface area contributed by atoms with E-state index < -0.39 is 0 Å². The Kier molecular flexibility index (Phi) is 6.44. The van der Waals surface area contributed by atoms with E-state index in [1.54, 1.807) is 40.9 Å². The molecule has 0 saturated heterocycles. The summed E-state index contributed by atoms with van der Waals surface area (Å²) in [5.74, 6) is 2.10. The molecule has 0 aliphatic heterocycles. The summed E-state index contributed by atoms with van der Waals surface area (Å²) in [7, 11) is 0. The van der Waals surface area contributed by atoms with Gasteiger partial charge in [0.2, 0.25) is 9.68 Å². The number of hydrogen-bond acceptors (Lipinski definition) is 4. The molecule has 2 aromatic carbocycles. The van der Waals surface area contributed by atoms with Crippen LogP contribution in [0.4, 0.5) is 0 Å². The summed E-state index contributed by atoms with van der Waals surface area (Å²) >= 11 is 1.77. The van der Waals surface area contributed by atoms with E-state index in [4.69, 9.17) is 9.15 Å². The van der Waals surface area contributed by atoms with Gasteiger partial charge < -0.3 is 9.15 Å². The number of rotatable bonds is 8. The van der Waals surface area contributed by atoms with Crippen molar-refractivity contribution in [1.29, 1.82) is 0 Å². The molecule has 0 bridgehead atoms. The van der Waals surface area contributed by atoms with E-state index >= 15 is 0 Å². The molecule has 0 spiro atoms. The Hall–Kier alpha value is -2.15. The first kappa shape index (κ1) is 18.6. The van der Waals surface area contributed by atoms with Crippen LogP contribution in [-0.4, -0.2) is 15.4 Å². The van der Waals surface area contributed by atoms with E-state index in [0.717, 1.165) is 29.9 Å². The maximum absolute atomic E-state index is 11.3. The summed E-state index contributed by atoms with van der Waals surface area (Å²) in [5.41, 5.74) is 2.45. The molecule has 0 N–H and O–H groups in total. The molecule has 26 heavy (non-hydrogen) atoms. The summed E-state index contributed by atoms with van der Waals surface area (Å²) in [5, 5.41) is 0. The molecule has 134 valence electrons. The number of ether oxygens (including phenoxy) is 1. The molecular formula is C21H20INO3. The smallest absolute Gasteiger partial charge is 0.226 e. The standard InChI is InChI=1S/C21H20INO3/c1-2-3-4-13-25-18-11-9-15(10-12-18)19-14-23-21(26-19)17-7-5-16(6-8-17)20(22)24/h5-12,14H,2-4,13H2,1H3. The van der Waals surface area contributed by atoms with Crippen molar-refractivity contribution in [3.05, 3.63) is 60.3 Å². The summed E-state index contributed by atoms with van der Waals surface area (Å²) in [6, 6.07) is 15.1. The fraction of sp³-hybridized carbons (Fsp3) is 0.238. The predicted molar refractivity (Wildman–Crippen MR) is 111 cm³/mol. The van der Waals surface area contributed by atoms with E-state index in [9.17, 15) is 4.79 Å². The van der Waals surface area contributed by atoms with Crippen molar-refractivity contribution in [3.8, 4) is 28.5 Å². The van der Waals surface area contributed by atoms with Gasteiger partial charge in [0.15, 0.2) is 5.76 Å². The lowest BCUT2D eigenvalue weighted by atomic mass is 10.1. The zero-order valence-corrected chi connectivity index (χ0v) is 16.7. The topological polar surface area (TPSA) is 52.3 Å². The largest absolute Gasteiger partial charge is 0.494 e. The van der Waals surface area contributed by atoms with E-state index in [1.165, 1.54) is 12.8 Å². The highest BCUT2D eigenvalue weighted by Gasteiger charge is 2.10. The molecule has 0 amide bonds. The highest BCUT2D eigenvalue weighted by molar-refractivity contribution is 14.1. The number of unbranched alkanes of at least 4 members (excludes halogenated alkanes) is 2. The van der Waals surface area contributed by atoms with Gasteiger partial charge in [-0.3, -0.25) is 4.79 Å². The second-order valence-electron chi connectivity index (χ2n) is 5.96. The summed E-state index contributed by atoms with van der Waals surface area (Å²) in [6.07, 6.45) is 5.16. The van der Waals surface area contributed by atoms with Crippen LogP contribution in [0.25, 0.3) is 22.8 Å². The molecule has 0 aliphatic carbocycles. The van der Waals surface area contributed by atoms with Crippen molar-refractivity contribution in [3.63, 3.8) is 0 Å². The third-order valence-electron chi connectivity index (χ3n) is 4.02. The highest BCUT2D eigenvalue weighted by atomic mass is 127. The van der Waals surface area contributed by atoms with Crippen LogP contribution < -0.4 is 4.74 Å². The monoisotopic (exact) mass is 461 g/mol. The van der Waals surface area contributed by atoms with Crippen LogP contribution in [0.5, 0.6) is 5.75 Å². The number of benzene rings is 2. The fourth-order valence-electron chi connectivity index (χ4n) is 2.54. The first-order valence-electron chi connectivity index (χ1n) is 8.66. The quantitative estimate of drug-likeness (QED) is 0.229. The van der Waals surface area contributed by atoms with Gasteiger partial charge in [-0.2, -0.15) is 0 Å². The number of aromatic nitrogens is 1. The second kappa shape index (κ2) is 8.98. The van der Waals surface area contributed by atoms with Crippen molar-refractivity contribution < 1.29 is 13.9 Å². The molecule has 0 fully saturated rings. The van der Waals surface area contributed by atoms with Gasteiger partial charge in [-0.25, -0.2) is 4.98 Å². The van der Waals surface area contributed by atoms with Crippen molar-refractivity contribution in [1.82, 2.24) is 4.98 Å². The number of nitrogens with zero attached hydrogens (tertiary/aromatic N) is 1. The minimum atomic E-state index is 0.0132. The minimum Gasteiger partial charge on any atom is -0.494 e. The van der Waals surface area contributed by atoms with E-state index in [1.807, 2.05) is 36.4 Å². The van der Waals surface area contributed by atoms with E-state index in [2.05, 4.69) is 11.9 Å². The average Bonchev–Trinajstić information content (AvgIpc) is 3.16. The van der Waals surface area contributed by atoms with Crippen LogP contribution in [0.1, 0.15) is 36.5 Å². The lowest BCUT2D eigenvalue weighted by Crippen LogP contribution is -1.96. The summed E-state index contributed by atoms with van der Waals surface area (Å²) in [6.45, 7) is 2.92. The Morgan fingerprint density at radius 1 is 1.04 bits per heavy atom. The van der Waals surface area contributed by atoms with Crippen LogP contribution in [-0.2, 0) is 0 Å². The lowest BCUT2D eigenvalue weighted by Gasteiger charge is -2.06. The SMILES string of the molecule is CCCCCOc1ccc(-c2cnc(-c3ccc(C(=O)I)cc3)o2)cc1. The van der Waals surface area contributed by atoms with Gasteiger partial charge in [0.05, 0.1) is 12.8 Å². The molecule has 1 heterocycles. The zero-order valence-electron chi connectivity index (χ0n) is 14.6. The third-order valence-corrected chi connectivity index (χ3v) is 4.64. The molecule has 1 aromatic heterocycles. The van der Waals surface area contributed by atoms with Crippen molar-refractivity contribution >= 4 is 26.4 Å². The Bertz CT molecular complexity index is 854. The van der Waals surface area contributed by atoms with Crippen molar-refractivity contribution in [2.45, 2.75) is 26.2 Å². The van der Waals surface area contributed by atoms with Gasteiger partial charge in [-0.15, -0.1) is 0 Å². The van der Waals surface area contributed by atoms with Gasteiger partial charge in [0, 0.05) is 39.3 Å². The zero-order chi connectivity index (χ0) is 18.4. The van der Waals surface area contributed by atoms with Crippen LogP contribution >= 0.6 is 22.6 Å². The molecule has 3 rings (SSSR count). The maximum Gasteiger partial charge on any atom is 0.226 e. The number of carbonyl (C=O) groups is 1. The average molecular weight is 461 g/mol. The van der Waals surface area contributed by atoms with E-state index in [-0.39, 0.29) is 3.79 Å². The molecule has 5 heteroatoms. The number of halogens is 1. The van der Waals surface area contributed by atoms with Crippen LogP contribution in [0.2, 0.25) is 0 Å². The summed E-state index contributed by atoms with van der Waals surface area (Å²) < 4.78 is 11.6. The molecule has 4 nitrogen and oxygen atoms in total. The van der Waals surface area contributed by atoms with Crippen LogP contribution in [0.3, 0.4) is 0 Å². The number of carbonyl (C=O) groups excluding carboxylic acids is 1. The molecule has 0 radical (unpaired) electrons. The molecule has 0 unspecified atom stereocenters. The van der Waals surface area contributed by atoms with Crippen LogP contribution in [0, 0.1) is 0 Å². The first-order valence-corrected chi connectivity index (χ1v) is 9.74.